The zero-order valence-corrected chi connectivity index (χ0v) is 15.3. The van der Waals surface area contributed by atoms with Gasteiger partial charge in [0, 0.05) is 30.9 Å². The molecule has 0 aliphatic carbocycles. The quantitative estimate of drug-likeness (QED) is 0.863. The van der Waals surface area contributed by atoms with Crippen LogP contribution in [0.4, 0.5) is 4.39 Å². The Hall–Kier alpha value is -2.25. The van der Waals surface area contributed by atoms with Gasteiger partial charge in [-0.15, -0.1) is 0 Å². The summed E-state index contributed by atoms with van der Waals surface area (Å²) in [4.78, 5) is 14.6. The van der Waals surface area contributed by atoms with E-state index in [1.807, 2.05) is 0 Å². The number of ether oxygens (including phenoxy) is 1. The Kier molecular flexibility index (Phi) is 4.97. The fourth-order valence-corrected chi connectivity index (χ4v) is 4.76. The van der Waals surface area contributed by atoms with E-state index in [1.54, 1.807) is 18.3 Å². The number of piperidine rings is 1. The number of amides is 1. The van der Waals surface area contributed by atoms with Crippen LogP contribution >= 0.6 is 0 Å². The molecule has 1 aromatic carbocycles. The molecule has 2 aromatic rings. The van der Waals surface area contributed by atoms with Crippen molar-refractivity contribution in [1.82, 2.24) is 15.1 Å². The molecular formula is C20H25FN4O2. The van der Waals surface area contributed by atoms with E-state index >= 15 is 0 Å². The highest BCUT2D eigenvalue weighted by molar-refractivity contribution is 5.81. The number of primary amides is 1. The van der Waals surface area contributed by atoms with Crippen molar-refractivity contribution < 1.29 is 13.9 Å². The van der Waals surface area contributed by atoms with Gasteiger partial charge in [-0.3, -0.25) is 14.8 Å². The third-order valence-corrected chi connectivity index (χ3v) is 6.05. The molecule has 1 unspecified atom stereocenters. The van der Waals surface area contributed by atoms with Gasteiger partial charge in [0.25, 0.3) is 0 Å². The maximum absolute atomic E-state index is 13.2. The third kappa shape index (κ3) is 3.49. The van der Waals surface area contributed by atoms with Crippen LogP contribution in [-0.2, 0) is 16.1 Å². The van der Waals surface area contributed by atoms with Gasteiger partial charge in [-0.1, -0.05) is 0 Å². The number of carbonyl (C=O) groups is 1. The van der Waals surface area contributed by atoms with Gasteiger partial charge in [-0.25, -0.2) is 4.39 Å². The molecule has 1 spiro atoms. The number of benzene rings is 1. The fraction of sp³-hybridized carbons (Fsp3) is 0.500. The van der Waals surface area contributed by atoms with Crippen molar-refractivity contribution in [3.63, 3.8) is 0 Å². The first kappa shape index (κ1) is 18.1. The summed E-state index contributed by atoms with van der Waals surface area (Å²) in [5.41, 5.74) is 8.48. The van der Waals surface area contributed by atoms with Gasteiger partial charge in [0.1, 0.15) is 5.82 Å². The van der Waals surface area contributed by atoms with Gasteiger partial charge < -0.3 is 10.5 Å². The minimum Gasteiger partial charge on any atom is -0.381 e. The molecule has 2 fully saturated rings. The Morgan fingerprint density at radius 3 is 2.74 bits per heavy atom. The third-order valence-electron chi connectivity index (χ3n) is 6.05. The summed E-state index contributed by atoms with van der Waals surface area (Å²) in [7, 11) is 0. The Balaban J connectivity index is 1.61. The molecule has 144 valence electrons. The second-order valence-electron chi connectivity index (χ2n) is 7.63. The van der Waals surface area contributed by atoms with E-state index in [2.05, 4.69) is 15.1 Å². The predicted octanol–water partition coefficient (Wildman–Crippen LogP) is 2.46. The van der Waals surface area contributed by atoms with Crippen molar-refractivity contribution in [3.8, 4) is 11.3 Å². The molecule has 2 aliphatic rings. The Morgan fingerprint density at radius 2 is 2.04 bits per heavy atom. The molecule has 3 heterocycles. The average molecular weight is 372 g/mol. The fourth-order valence-electron chi connectivity index (χ4n) is 4.76. The Labute approximate surface area is 157 Å². The van der Waals surface area contributed by atoms with Crippen LogP contribution in [-0.4, -0.2) is 46.8 Å². The SMILES string of the molecule is NC(=O)C1N(Cc2cn[nH]c2-c2ccc(F)cc2)CCCC12CCOCC2. The first-order valence-electron chi connectivity index (χ1n) is 9.48. The summed E-state index contributed by atoms with van der Waals surface area (Å²) in [5.74, 6) is -0.533. The summed E-state index contributed by atoms with van der Waals surface area (Å²) < 4.78 is 18.8. The smallest absolute Gasteiger partial charge is 0.235 e. The highest BCUT2D eigenvalue weighted by Gasteiger charge is 2.48. The molecule has 0 saturated carbocycles. The zero-order chi connectivity index (χ0) is 18.9. The lowest BCUT2D eigenvalue weighted by atomic mass is 9.67. The minimum absolute atomic E-state index is 0.0951. The van der Waals surface area contributed by atoms with Crippen molar-refractivity contribution in [2.24, 2.45) is 11.1 Å². The normalized spacial score (nSPS) is 22.8. The molecule has 1 aromatic heterocycles. The van der Waals surface area contributed by atoms with E-state index in [1.165, 1.54) is 12.1 Å². The summed E-state index contributed by atoms with van der Waals surface area (Å²) >= 11 is 0. The van der Waals surface area contributed by atoms with Gasteiger partial charge in [-0.2, -0.15) is 5.10 Å². The number of likely N-dealkylation sites (tertiary alicyclic amines) is 1. The molecule has 1 atom stereocenters. The van der Waals surface area contributed by atoms with Crippen LogP contribution in [0.3, 0.4) is 0 Å². The number of nitrogens with zero attached hydrogens (tertiary/aromatic N) is 2. The Morgan fingerprint density at radius 1 is 1.30 bits per heavy atom. The number of aromatic amines is 1. The van der Waals surface area contributed by atoms with Gasteiger partial charge in [-0.05, 0) is 61.9 Å². The van der Waals surface area contributed by atoms with E-state index in [0.29, 0.717) is 19.8 Å². The summed E-state index contributed by atoms with van der Waals surface area (Å²) in [5, 5.41) is 7.19. The molecule has 3 N–H and O–H groups in total. The number of halogens is 1. The summed E-state index contributed by atoms with van der Waals surface area (Å²) in [6.45, 7) is 2.78. The number of hydrogen-bond donors (Lipinski definition) is 2. The number of carbonyl (C=O) groups excluding carboxylic acids is 1. The summed E-state index contributed by atoms with van der Waals surface area (Å²) in [6.07, 6.45) is 5.56. The monoisotopic (exact) mass is 372 g/mol. The van der Waals surface area contributed by atoms with Gasteiger partial charge >= 0.3 is 0 Å². The van der Waals surface area contributed by atoms with Gasteiger partial charge in [0.15, 0.2) is 0 Å². The molecule has 0 radical (unpaired) electrons. The number of aromatic nitrogens is 2. The molecule has 2 aliphatic heterocycles. The van der Waals surface area contributed by atoms with Crippen molar-refractivity contribution in [1.29, 1.82) is 0 Å². The number of nitrogens with one attached hydrogen (secondary N) is 1. The van der Waals surface area contributed by atoms with Crippen LogP contribution in [0, 0.1) is 11.2 Å². The standard InChI is InChI=1S/C20H25FN4O2/c21-16-4-2-14(3-5-16)17-15(12-23-24-17)13-25-9-1-6-20(18(25)19(22)26)7-10-27-11-8-20/h2-5,12,18H,1,6-11,13H2,(H2,22,26)(H,23,24). The molecule has 1 amide bonds. The summed E-state index contributed by atoms with van der Waals surface area (Å²) in [6, 6.07) is 6.03. The second-order valence-corrected chi connectivity index (χ2v) is 7.63. The highest BCUT2D eigenvalue weighted by Crippen LogP contribution is 2.44. The van der Waals surface area contributed by atoms with E-state index in [4.69, 9.17) is 10.5 Å². The molecule has 0 bridgehead atoms. The molecule has 27 heavy (non-hydrogen) atoms. The minimum atomic E-state index is -0.300. The maximum atomic E-state index is 13.2. The van der Waals surface area contributed by atoms with Gasteiger partial charge in [0.05, 0.1) is 17.9 Å². The van der Waals surface area contributed by atoms with Crippen molar-refractivity contribution in [3.05, 3.63) is 41.8 Å². The van der Waals surface area contributed by atoms with E-state index < -0.39 is 0 Å². The van der Waals surface area contributed by atoms with Crippen molar-refractivity contribution in [2.45, 2.75) is 38.3 Å². The first-order valence-corrected chi connectivity index (χ1v) is 9.48. The van der Waals surface area contributed by atoms with E-state index in [-0.39, 0.29) is 23.2 Å². The van der Waals surface area contributed by atoms with Gasteiger partial charge in [0.2, 0.25) is 5.91 Å². The maximum Gasteiger partial charge on any atom is 0.235 e. The van der Waals surface area contributed by atoms with Crippen molar-refractivity contribution in [2.75, 3.05) is 19.8 Å². The highest BCUT2D eigenvalue weighted by atomic mass is 19.1. The van der Waals surface area contributed by atoms with Crippen LogP contribution in [0.1, 0.15) is 31.2 Å². The lowest BCUT2D eigenvalue weighted by Gasteiger charge is -2.50. The molecule has 4 rings (SSSR count). The number of hydrogen-bond acceptors (Lipinski definition) is 4. The van der Waals surface area contributed by atoms with Crippen LogP contribution in [0.5, 0.6) is 0 Å². The zero-order valence-electron chi connectivity index (χ0n) is 15.3. The van der Waals surface area contributed by atoms with Crippen LogP contribution in [0.2, 0.25) is 0 Å². The molecule has 6 nitrogen and oxygen atoms in total. The second kappa shape index (κ2) is 7.40. The lowest BCUT2D eigenvalue weighted by molar-refractivity contribution is -0.138. The van der Waals surface area contributed by atoms with E-state index in [9.17, 15) is 9.18 Å². The number of H-pyrrole nitrogens is 1. The van der Waals surface area contributed by atoms with Crippen molar-refractivity contribution >= 4 is 5.91 Å². The first-order chi connectivity index (χ1) is 13.1. The number of nitrogens with two attached hydrogens (primary N) is 1. The molecular weight excluding hydrogens is 347 g/mol. The molecule has 2 saturated heterocycles. The Bertz CT molecular complexity index is 793. The topological polar surface area (TPSA) is 84.2 Å². The lowest BCUT2D eigenvalue weighted by Crippen LogP contribution is -2.59. The predicted molar refractivity (Wildman–Crippen MR) is 99.1 cm³/mol. The average Bonchev–Trinajstić information content (AvgIpc) is 3.11. The van der Waals surface area contributed by atoms with Crippen LogP contribution < -0.4 is 5.73 Å². The largest absolute Gasteiger partial charge is 0.381 e. The van der Waals surface area contributed by atoms with Crippen LogP contribution in [0.25, 0.3) is 11.3 Å². The number of rotatable bonds is 4. The van der Waals surface area contributed by atoms with E-state index in [0.717, 1.165) is 49.0 Å². The van der Waals surface area contributed by atoms with Crippen LogP contribution in [0.15, 0.2) is 30.5 Å². The molecule has 7 heteroatoms.